The van der Waals surface area contributed by atoms with Crippen LogP contribution in [0.5, 0.6) is 0 Å². The van der Waals surface area contributed by atoms with E-state index >= 15 is 0 Å². The fourth-order valence-corrected chi connectivity index (χ4v) is 2.52. The van der Waals surface area contributed by atoms with E-state index in [1.165, 1.54) is 10.6 Å². The van der Waals surface area contributed by atoms with Crippen molar-refractivity contribution in [2.24, 2.45) is 0 Å². The first-order valence-corrected chi connectivity index (χ1v) is 7.32. The second kappa shape index (κ2) is 5.67. The van der Waals surface area contributed by atoms with Gasteiger partial charge in [0.05, 0.1) is 11.4 Å². The Hall–Kier alpha value is -2.56. The van der Waals surface area contributed by atoms with Crippen molar-refractivity contribution in [3.8, 4) is 5.69 Å². The predicted molar refractivity (Wildman–Crippen MR) is 83.8 cm³/mol. The van der Waals surface area contributed by atoms with E-state index in [1.807, 2.05) is 26.0 Å². The molecule has 0 aliphatic heterocycles. The quantitative estimate of drug-likeness (QED) is 0.746. The summed E-state index contributed by atoms with van der Waals surface area (Å²) in [5, 5.41) is 0.780. The van der Waals surface area contributed by atoms with Crippen molar-refractivity contribution >= 4 is 11.0 Å². The average Bonchev–Trinajstić information content (AvgIpc) is 2.54. The Morgan fingerprint density at radius 3 is 2.50 bits per heavy atom. The number of hydrogen-bond acceptors (Lipinski definition) is 3. The topological polar surface area (TPSA) is 47.8 Å². The summed E-state index contributed by atoms with van der Waals surface area (Å²) < 4.78 is 15.4. The molecule has 3 rings (SSSR count). The normalized spacial score (nSPS) is 11.0. The van der Waals surface area contributed by atoms with Crippen LogP contribution < -0.4 is 5.69 Å². The average molecular weight is 297 g/mol. The molecule has 0 radical (unpaired) electrons. The third-order valence-corrected chi connectivity index (χ3v) is 3.67. The van der Waals surface area contributed by atoms with Crippen molar-refractivity contribution in [1.29, 1.82) is 0 Å². The molecule has 0 unspecified atom stereocenters. The number of pyridine rings is 1. The summed E-state index contributed by atoms with van der Waals surface area (Å²) in [6, 6.07) is 9.98. The van der Waals surface area contributed by atoms with Gasteiger partial charge in [-0.05, 0) is 37.1 Å². The maximum absolute atomic E-state index is 14.1. The summed E-state index contributed by atoms with van der Waals surface area (Å²) in [5.74, 6) is -0.472. The SMILES string of the molecule is CCc1ccc2c(CC)nc(=O)n(-c3ccccc3F)c2n1. The molecule has 5 heteroatoms. The largest absolute Gasteiger partial charge is 0.354 e. The summed E-state index contributed by atoms with van der Waals surface area (Å²) >= 11 is 0. The Morgan fingerprint density at radius 1 is 1.05 bits per heavy atom. The van der Waals surface area contributed by atoms with Crippen LogP contribution in [0.15, 0.2) is 41.2 Å². The molecule has 0 fully saturated rings. The second-order valence-electron chi connectivity index (χ2n) is 5.01. The van der Waals surface area contributed by atoms with E-state index in [4.69, 9.17) is 0 Å². The molecule has 4 nitrogen and oxygen atoms in total. The Balaban J connectivity index is 2.46. The number of benzene rings is 1. The molecule has 1 aromatic carbocycles. The van der Waals surface area contributed by atoms with Gasteiger partial charge >= 0.3 is 5.69 Å². The van der Waals surface area contributed by atoms with Crippen molar-refractivity contribution in [2.45, 2.75) is 26.7 Å². The number of rotatable bonds is 3. The number of fused-ring (bicyclic) bond motifs is 1. The number of nitrogens with zero attached hydrogens (tertiary/aromatic N) is 3. The van der Waals surface area contributed by atoms with Gasteiger partial charge in [-0.25, -0.2) is 18.7 Å². The first-order chi connectivity index (χ1) is 10.7. The van der Waals surface area contributed by atoms with Gasteiger partial charge in [0.15, 0.2) is 5.65 Å². The maximum Gasteiger partial charge on any atom is 0.354 e. The molecule has 0 spiro atoms. The maximum atomic E-state index is 14.1. The van der Waals surface area contributed by atoms with Crippen LogP contribution in [-0.2, 0) is 12.8 Å². The molecule has 0 saturated heterocycles. The Labute approximate surface area is 127 Å². The zero-order valence-corrected chi connectivity index (χ0v) is 12.5. The van der Waals surface area contributed by atoms with Gasteiger partial charge < -0.3 is 0 Å². The minimum Gasteiger partial charge on any atom is -0.245 e. The van der Waals surface area contributed by atoms with Crippen molar-refractivity contribution in [3.05, 3.63) is 64.1 Å². The van der Waals surface area contributed by atoms with E-state index in [0.717, 1.165) is 17.5 Å². The fourth-order valence-electron chi connectivity index (χ4n) is 2.52. The van der Waals surface area contributed by atoms with Gasteiger partial charge in [-0.15, -0.1) is 0 Å². The molecule has 0 N–H and O–H groups in total. The molecule has 3 aromatic rings. The van der Waals surface area contributed by atoms with Crippen molar-refractivity contribution in [1.82, 2.24) is 14.5 Å². The standard InChI is InChI=1S/C17H16FN3O/c1-3-11-9-10-12-14(4-2)20-17(22)21(16(12)19-11)15-8-6-5-7-13(15)18/h5-10H,3-4H2,1-2H3. The van der Waals surface area contributed by atoms with Gasteiger partial charge in [-0.1, -0.05) is 26.0 Å². The molecule has 0 aliphatic rings. The van der Waals surface area contributed by atoms with Crippen molar-refractivity contribution < 1.29 is 4.39 Å². The summed E-state index contributed by atoms with van der Waals surface area (Å²) in [7, 11) is 0. The second-order valence-corrected chi connectivity index (χ2v) is 5.01. The van der Waals surface area contributed by atoms with Gasteiger partial charge in [-0.2, -0.15) is 4.98 Å². The van der Waals surface area contributed by atoms with Crippen LogP contribution in [-0.4, -0.2) is 14.5 Å². The monoisotopic (exact) mass is 297 g/mol. The molecule has 2 aromatic heterocycles. The zero-order chi connectivity index (χ0) is 15.7. The summed E-state index contributed by atoms with van der Waals surface area (Å²) in [6.07, 6.45) is 1.36. The highest BCUT2D eigenvalue weighted by molar-refractivity contribution is 5.79. The summed E-state index contributed by atoms with van der Waals surface area (Å²) in [6.45, 7) is 3.92. The number of aryl methyl sites for hydroxylation is 2. The number of halogens is 1. The molecular formula is C17H16FN3O. The lowest BCUT2D eigenvalue weighted by molar-refractivity contribution is 0.616. The van der Waals surface area contributed by atoms with Crippen LogP contribution in [0.3, 0.4) is 0 Å². The highest BCUT2D eigenvalue weighted by Crippen LogP contribution is 2.20. The first kappa shape index (κ1) is 14.4. The van der Waals surface area contributed by atoms with E-state index in [-0.39, 0.29) is 5.69 Å². The first-order valence-electron chi connectivity index (χ1n) is 7.32. The van der Waals surface area contributed by atoms with Gasteiger partial charge in [-0.3, -0.25) is 0 Å². The van der Waals surface area contributed by atoms with Gasteiger partial charge in [0.25, 0.3) is 0 Å². The Kier molecular flexibility index (Phi) is 3.71. The third-order valence-electron chi connectivity index (χ3n) is 3.67. The van der Waals surface area contributed by atoms with Crippen LogP contribution in [0.25, 0.3) is 16.7 Å². The summed E-state index contributed by atoms with van der Waals surface area (Å²) in [4.78, 5) is 21.0. The van der Waals surface area contributed by atoms with Gasteiger partial charge in [0, 0.05) is 11.1 Å². The summed E-state index contributed by atoms with van der Waals surface area (Å²) in [5.41, 5.74) is 1.66. The minimum absolute atomic E-state index is 0.174. The van der Waals surface area contributed by atoms with E-state index in [1.54, 1.807) is 18.2 Å². The highest BCUT2D eigenvalue weighted by Gasteiger charge is 2.15. The predicted octanol–water partition coefficient (Wildman–Crippen LogP) is 3.04. The molecular weight excluding hydrogens is 281 g/mol. The van der Waals surface area contributed by atoms with Crippen LogP contribution >= 0.6 is 0 Å². The van der Waals surface area contributed by atoms with E-state index < -0.39 is 11.5 Å². The van der Waals surface area contributed by atoms with E-state index in [2.05, 4.69) is 9.97 Å². The molecule has 0 bridgehead atoms. The van der Waals surface area contributed by atoms with Gasteiger partial charge in [0.2, 0.25) is 0 Å². The van der Waals surface area contributed by atoms with Crippen molar-refractivity contribution in [2.75, 3.05) is 0 Å². The zero-order valence-electron chi connectivity index (χ0n) is 12.5. The smallest absolute Gasteiger partial charge is 0.245 e. The molecule has 0 amide bonds. The van der Waals surface area contributed by atoms with E-state index in [0.29, 0.717) is 17.8 Å². The van der Waals surface area contributed by atoms with Crippen LogP contribution in [0.4, 0.5) is 4.39 Å². The van der Waals surface area contributed by atoms with Crippen LogP contribution in [0.1, 0.15) is 25.2 Å². The Morgan fingerprint density at radius 2 is 1.82 bits per heavy atom. The molecule has 112 valence electrons. The minimum atomic E-state index is -0.504. The molecule has 2 heterocycles. The Bertz CT molecular complexity index is 902. The molecule has 0 aliphatic carbocycles. The number of hydrogen-bond donors (Lipinski definition) is 0. The highest BCUT2D eigenvalue weighted by atomic mass is 19.1. The molecule has 0 saturated carbocycles. The molecule has 0 atom stereocenters. The van der Waals surface area contributed by atoms with Gasteiger partial charge in [0.1, 0.15) is 5.82 Å². The lowest BCUT2D eigenvalue weighted by Crippen LogP contribution is -2.25. The number of aromatic nitrogens is 3. The number of para-hydroxylation sites is 1. The lowest BCUT2D eigenvalue weighted by Gasteiger charge is -2.12. The molecule has 22 heavy (non-hydrogen) atoms. The van der Waals surface area contributed by atoms with Crippen molar-refractivity contribution in [3.63, 3.8) is 0 Å². The van der Waals surface area contributed by atoms with Crippen LogP contribution in [0.2, 0.25) is 0 Å². The fraction of sp³-hybridized carbons (Fsp3) is 0.235. The lowest BCUT2D eigenvalue weighted by atomic mass is 10.1. The van der Waals surface area contributed by atoms with E-state index in [9.17, 15) is 9.18 Å². The van der Waals surface area contributed by atoms with Crippen LogP contribution in [0, 0.1) is 5.82 Å². The third kappa shape index (κ3) is 2.28.